The second-order valence-electron chi connectivity index (χ2n) is 7.73. The Balaban J connectivity index is 1.33. The fourth-order valence-corrected chi connectivity index (χ4v) is 4.33. The lowest BCUT2D eigenvalue weighted by Gasteiger charge is -2.11. The van der Waals surface area contributed by atoms with Crippen LogP contribution in [-0.2, 0) is 11.4 Å². The molecule has 36 heavy (non-hydrogen) atoms. The molecule has 0 atom stereocenters. The van der Waals surface area contributed by atoms with E-state index in [1.807, 2.05) is 65.2 Å². The van der Waals surface area contributed by atoms with Gasteiger partial charge in [-0.1, -0.05) is 53.7 Å². The number of nitrogens with zero attached hydrogens (tertiary/aromatic N) is 3. The minimum absolute atomic E-state index is 0.150. The third-order valence-electron chi connectivity index (χ3n) is 5.18. The average molecular weight is 517 g/mol. The predicted molar refractivity (Wildman–Crippen MR) is 141 cm³/mol. The maximum absolute atomic E-state index is 12.5. The Hall–Kier alpha value is -4.01. The molecule has 0 unspecified atom stereocenters. The maximum atomic E-state index is 12.5. The largest absolute Gasteiger partial charge is 0.489 e. The topological polar surface area (TPSA) is 82.2 Å². The molecule has 5 rings (SSSR count). The number of nitrogens with one attached hydrogen (secondary N) is 1. The molecule has 1 amide bonds. The quantitative estimate of drug-likeness (QED) is 0.225. The number of ether oxygens (including phenoxy) is 1. The van der Waals surface area contributed by atoms with Crippen LogP contribution < -0.4 is 10.1 Å². The SMILES string of the molecule is O=C(CSc1nnc(-c2ccco2)n1-c1ccc(OCc2ccccc2)cc1)Nc1ccc(Cl)cc1. The molecule has 0 fully saturated rings. The Morgan fingerprint density at radius 3 is 2.44 bits per heavy atom. The molecule has 0 saturated heterocycles. The molecule has 180 valence electrons. The predicted octanol–water partition coefficient (Wildman–Crippen LogP) is 6.49. The van der Waals surface area contributed by atoms with E-state index in [0.717, 1.165) is 17.0 Å². The molecule has 1 N–H and O–H groups in total. The van der Waals surface area contributed by atoms with Crippen molar-refractivity contribution in [3.63, 3.8) is 0 Å². The third kappa shape index (κ3) is 5.79. The minimum Gasteiger partial charge on any atom is -0.489 e. The van der Waals surface area contributed by atoms with Gasteiger partial charge >= 0.3 is 0 Å². The van der Waals surface area contributed by atoms with Crippen LogP contribution in [0.1, 0.15) is 5.56 Å². The van der Waals surface area contributed by atoms with Crippen molar-refractivity contribution in [3.8, 4) is 23.0 Å². The summed E-state index contributed by atoms with van der Waals surface area (Å²) >= 11 is 7.20. The van der Waals surface area contributed by atoms with Crippen LogP contribution in [-0.4, -0.2) is 26.4 Å². The molecule has 9 heteroatoms. The Labute approximate surface area is 217 Å². The first-order valence-corrected chi connectivity index (χ1v) is 12.5. The van der Waals surface area contributed by atoms with Gasteiger partial charge in [0.1, 0.15) is 12.4 Å². The number of halogens is 1. The van der Waals surface area contributed by atoms with E-state index in [1.165, 1.54) is 11.8 Å². The molecule has 0 spiro atoms. The van der Waals surface area contributed by atoms with Gasteiger partial charge in [-0.15, -0.1) is 10.2 Å². The van der Waals surface area contributed by atoms with Crippen LogP contribution in [0.15, 0.2) is 107 Å². The lowest BCUT2D eigenvalue weighted by Crippen LogP contribution is -2.14. The van der Waals surface area contributed by atoms with Gasteiger partial charge in [0, 0.05) is 10.7 Å². The summed E-state index contributed by atoms with van der Waals surface area (Å²) < 4.78 is 13.3. The number of carbonyl (C=O) groups is 1. The number of furan rings is 1. The Bertz CT molecular complexity index is 1420. The van der Waals surface area contributed by atoms with Gasteiger partial charge in [-0.05, 0) is 66.2 Å². The first-order chi connectivity index (χ1) is 17.7. The van der Waals surface area contributed by atoms with Crippen molar-refractivity contribution in [3.05, 3.63) is 108 Å². The smallest absolute Gasteiger partial charge is 0.234 e. The number of amides is 1. The van der Waals surface area contributed by atoms with Gasteiger partial charge in [0.25, 0.3) is 0 Å². The molecule has 0 aliphatic rings. The Morgan fingerprint density at radius 2 is 1.72 bits per heavy atom. The summed E-state index contributed by atoms with van der Waals surface area (Å²) in [7, 11) is 0. The molecule has 0 bridgehead atoms. The van der Waals surface area contributed by atoms with Crippen molar-refractivity contribution in [1.29, 1.82) is 0 Å². The summed E-state index contributed by atoms with van der Waals surface area (Å²) in [6, 6.07) is 28.2. The van der Waals surface area contributed by atoms with Gasteiger partial charge < -0.3 is 14.5 Å². The van der Waals surface area contributed by atoms with Crippen molar-refractivity contribution < 1.29 is 13.9 Å². The van der Waals surface area contributed by atoms with Gasteiger partial charge in [-0.25, -0.2) is 0 Å². The fourth-order valence-electron chi connectivity index (χ4n) is 3.45. The summed E-state index contributed by atoms with van der Waals surface area (Å²) in [5.41, 5.74) is 2.59. The van der Waals surface area contributed by atoms with Crippen LogP contribution >= 0.6 is 23.4 Å². The summed E-state index contributed by atoms with van der Waals surface area (Å²) in [6.07, 6.45) is 1.58. The van der Waals surface area contributed by atoms with Gasteiger partial charge in [-0.3, -0.25) is 9.36 Å². The zero-order valence-corrected chi connectivity index (χ0v) is 20.6. The van der Waals surface area contributed by atoms with Crippen molar-refractivity contribution in [2.45, 2.75) is 11.8 Å². The van der Waals surface area contributed by atoms with Gasteiger partial charge in [0.05, 0.1) is 17.7 Å². The number of hydrogen-bond donors (Lipinski definition) is 1. The highest BCUT2D eigenvalue weighted by Gasteiger charge is 2.19. The van der Waals surface area contributed by atoms with Crippen molar-refractivity contribution in [2.75, 3.05) is 11.1 Å². The fraction of sp³-hybridized carbons (Fsp3) is 0.0741. The third-order valence-corrected chi connectivity index (χ3v) is 6.36. The summed E-state index contributed by atoms with van der Waals surface area (Å²) in [4.78, 5) is 12.5. The molecule has 0 aliphatic carbocycles. The molecular weight excluding hydrogens is 496 g/mol. The second kappa shape index (κ2) is 11.2. The van der Waals surface area contributed by atoms with E-state index < -0.39 is 0 Å². The second-order valence-corrected chi connectivity index (χ2v) is 9.11. The summed E-state index contributed by atoms with van der Waals surface area (Å²) in [5, 5.41) is 12.7. The Kier molecular flexibility index (Phi) is 7.35. The van der Waals surface area contributed by atoms with E-state index in [2.05, 4.69) is 15.5 Å². The highest BCUT2D eigenvalue weighted by molar-refractivity contribution is 7.99. The number of hydrogen-bond acceptors (Lipinski definition) is 6. The monoisotopic (exact) mass is 516 g/mol. The Morgan fingerprint density at radius 1 is 0.944 bits per heavy atom. The van der Waals surface area contributed by atoms with Gasteiger partial charge in [0.15, 0.2) is 10.9 Å². The normalized spacial score (nSPS) is 10.8. The lowest BCUT2D eigenvalue weighted by molar-refractivity contribution is -0.113. The number of benzene rings is 3. The zero-order chi connectivity index (χ0) is 24.7. The molecular formula is C27H21ClN4O3S. The number of thioether (sulfide) groups is 1. The lowest BCUT2D eigenvalue weighted by atomic mass is 10.2. The van der Waals surface area contributed by atoms with Crippen LogP contribution in [0, 0.1) is 0 Å². The standard InChI is InChI=1S/C27H21ClN4O3S/c28-20-8-10-21(11-9-20)29-25(33)18-36-27-31-30-26(24-7-4-16-34-24)32(27)22-12-14-23(15-13-22)35-17-19-5-2-1-3-6-19/h1-16H,17-18H2,(H,29,33). The molecule has 2 heterocycles. The first kappa shape index (κ1) is 23.7. The first-order valence-electron chi connectivity index (χ1n) is 11.1. The van der Waals surface area contributed by atoms with Crippen LogP contribution in [0.3, 0.4) is 0 Å². The molecule has 0 saturated carbocycles. The van der Waals surface area contributed by atoms with E-state index >= 15 is 0 Å². The van der Waals surface area contributed by atoms with Gasteiger partial charge in [0.2, 0.25) is 11.7 Å². The van der Waals surface area contributed by atoms with Crippen molar-refractivity contribution in [2.24, 2.45) is 0 Å². The molecule has 7 nitrogen and oxygen atoms in total. The van der Waals surface area contributed by atoms with Crippen LogP contribution in [0.4, 0.5) is 5.69 Å². The number of carbonyl (C=O) groups excluding carboxylic acids is 1. The van der Waals surface area contributed by atoms with E-state index in [9.17, 15) is 4.79 Å². The maximum Gasteiger partial charge on any atom is 0.234 e. The average Bonchev–Trinajstić information content (AvgIpc) is 3.59. The van der Waals surface area contributed by atoms with Crippen LogP contribution in [0.5, 0.6) is 5.75 Å². The van der Waals surface area contributed by atoms with Crippen LogP contribution in [0.2, 0.25) is 5.02 Å². The number of anilines is 1. The molecule has 5 aromatic rings. The van der Waals surface area contributed by atoms with E-state index in [1.54, 1.807) is 36.6 Å². The highest BCUT2D eigenvalue weighted by Crippen LogP contribution is 2.29. The summed E-state index contributed by atoms with van der Waals surface area (Å²) in [6.45, 7) is 0.480. The van der Waals surface area contributed by atoms with E-state index in [-0.39, 0.29) is 11.7 Å². The molecule has 2 aromatic heterocycles. The number of rotatable bonds is 9. The van der Waals surface area contributed by atoms with Crippen molar-refractivity contribution >= 4 is 35.0 Å². The van der Waals surface area contributed by atoms with Crippen molar-refractivity contribution in [1.82, 2.24) is 14.8 Å². The molecule has 0 radical (unpaired) electrons. The highest BCUT2D eigenvalue weighted by atomic mass is 35.5. The molecule has 0 aliphatic heterocycles. The number of aromatic nitrogens is 3. The van der Waals surface area contributed by atoms with E-state index in [4.69, 9.17) is 20.8 Å². The molecule has 3 aromatic carbocycles. The van der Waals surface area contributed by atoms with E-state index in [0.29, 0.717) is 34.1 Å². The van der Waals surface area contributed by atoms with Gasteiger partial charge in [-0.2, -0.15) is 0 Å². The minimum atomic E-state index is -0.166. The zero-order valence-electron chi connectivity index (χ0n) is 19.0. The summed E-state index contributed by atoms with van der Waals surface area (Å²) in [5.74, 6) is 1.84. The van der Waals surface area contributed by atoms with Crippen LogP contribution in [0.25, 0.3) is 17.3 Å².